The molecule has 0 aliphatic carbocycles. The summed E-state index contributed by atoms with van der Waals surface area (Å²) in [4.78, 5) is 11.2. The Morgan fingerprint density at radius 2 is 2.00 bits per heavy atom. The lowest BCUT2D eigenvalue weighted by Gasteiger charge is -2.17. The Kier molecular flexibility index (Phi) is 8.40. The summed E-state index contributed by atoms with van der Waals surface area (Å²) >= 11 is 1.72. The molecule has 0 unspecified atom stereocenters. The van der Waals surface area contributed by atoms with Crippen molar-refractivity contribution in [1.29, 1.82) is 0 Å². The lowest BCUT2D eigenvalue weighted by Crippen LogP contribution is -2.36. The van der Waals surface area contributed by atoms with Gasteiger partial charge < -0.3 is 10.2 Å². The molecular formula is C16H23IN4S. The fourth-order valence-corrected chi connectivity index (χ4v) is 2.61. The first-order valence-electron chi connectivity index (χ1n) is 7.12. The molecule has 1 aromatic carbocycles. The normalized spacial score (nSPS) is 11.0. The number of hydrogen-bond donors (Lipinski definition) is 1. The first-order chi connectivity index (χ1) is 10.2. The van der Waals surface area contributed by atoms with Crippen LogP contribution in [0.1, 0.15) is 23.2 Å². The molecule has 0 atom stereocenters. The predicted molar refractivity (Wildman–Crippen MR) is 105 cm³/mol. The van der Waals surface area contributed by atoms with Crippen LogP contribution < -0.4 is 5.32 Å². The van der Waals surface area contributed by atoms with E-state index in [0.717, 1.165) is 18.1 Å². The number of halogens is 1. The maximum atomic E-state index is 4.64. The number of thiazole rings is 1. The molecule has 0 bridgehead atoms. The van der Waals surface area contributed by atoms with Crippen molar-refractivity contribution in [2.24, 2.45) is 4.99 Å². The van der Waals surface area contributed by atoms with Gasteiger partial charge in [-0.1, -0.05) is 37.3 Å². The van der Waals surface area contributed by atoms with E-state index in [4.69, 9.17) is 0 Å². The summed E-state index contributed by atoms with van der Waals surface area (Å²) in [6, 6.07) is 10.3. The fourth-order valence-electron chi connectivity index (χ4n) is 1.87. The average Bonchev–Trinajstić information content (AvgIpc) is 2.96. The quantitative estimate of drug-likeness (QED) is 0.448. The first-order valence-corrected chi connectivity index (χ1v) is 8.00. The highest BCUT2D eigenvalue weighted by Gasteiger charge is 2.04. The molecule has 1 N–H and O–H groups in total. The van der Waals surface area contributed by atoms with Crippen LogP contribution in [-0.4, -0.2) is 29.9 Å². The van der Waals surface area contributed by atoms with E-state index in [1.54, 1.807) is 11.3 Å². The standard InChI is InChI=1S/C16H22N4S.HI/c1-4-15-19-14(12-21-15)11-18-16(20(2)3)17-10-13-8-6-5-7-9-13;/h5-9,12H,4,10-11H2,1-3H3,(H,17,18);1H. The van der Waals surface area contributed by atoms with Crippen LogP contribution in [0.5, 0.6) is 0 Å². The number of benzene rings is 1. The Hall–Kier alpha value is -1.15. The van der Waals surface area contributed by atoms with Gasteiger partial charge in [-0.2, -0.15) is 0 Å². The van der Waals surface area contributed by atoms with Gasteiger partial charge in [0.15, 0.2) is 5.96 Å². The molecular weight excluding hydrogens is 407 g/mol. The number of nitrogens with one attached hydrogen (secondary N) is 1. The third kappa shape index (κ3) is 5.92. The van der Waals surface area contributed by atoms with Crippen molar-refractivity contribution in [3.05, 3.63) is 52.0 Å². The van der Waals surface area contributed by atoms with Gasteiger partial charge in [0.05, 0.1) is 23.8 Å². The summed E-state index contributed by atoms with van der Waals surface area (Å²) in [7, 11) is 3.99. The van der Waals surface area contributed by atoms with Crippen molar-refractivity contribution < 1.29 is 0 Å². The molecule has 0 spiro atoms. The Morgan fingerprint density at radius 1 is 1.27 bits per heavy atom. The molecule has 2 rings (SSSR count). The topological polar surface area (TPSA) is 40.5 Å². The molecule has 22 heavy (non-hydrogen) atoms. The summed E-state index contributed by atoms with van der Waals surface area (Å²) in [6.07, 6.45) is 0.993. The summed E-state index contributed by atoms with van der Waals surface area (Å²) in [5.74, 6) is 0.880. The Balaban J connectivity index is 0.00000242. The van der Waals surface area contributed by atoms with Crippen LogP contribution in [-0.2, 0) is 19.5 Å². The zero-order chi connectivity index (χ0) is 15.1. The Morgan fingerprint density at radius 3 is 2.59 bits per heavy atom. The minimum absolute atomic E-state index is 0. The van der Waals surface area contributed by atoms with Gasteiger partial charge in [0.1, 0.15) is 0 Å². The van der Waals surface area contributed by atoms with Gasteiger partial charge in [-0.05, 0) is 12.0 Å². The van der Waals surface area contributed by atoms with Gasteiger partial charge in [-0.15, -0.1) is 35.3 Å². The molecule has 4 nitrogen and oxygen atoms in total. The lowest BCUT2D eigenvalue weighted by molar-refractivity contribution is 0.577. The minimum Gasteiger partial charge on any atom is -0.351 e. The van der Waals surface area contributed by atoms with E-state index in [-0.39, 0.29) is 24.0 Å². The van der Waals surface area contributed by atoms with Gasteiger partial charge in [-0.3, -0.25) is 0 Å². The number of aromatic nitrogens is 1. The van der Waals surface area contributed by atoms with Crippen LogP contribution in [0.25, 0.3) is 0 Å². The highest BCUT2D eigenvalue weighted by molar-refractivity contribution is 14.0. The van der Waals surface area contributed by atoms with Crippen molar-refractivity contribution in [3.8, 4) is 0 Å². The number of aryl methyl sites for hydroxylation is 1. The van der Waals surface area contributed by atoms with Gasteiger partial charge in [0.25, 0.3) is 0 Å². The second-order valence-corrected chi connectivity index (χ2v) is 5.90. The zero-order valence-electron chi connectivity index (χ0n) is 13.2. The van der Waals surface area contributed by atoms with E-state index in [0.29, 0.717) is 13.1 Å². The van der Waals surface area contributed by atoms with Crippen LogP contribution in [0, 0.1) is 0 Å². The monoisotopic (exact) mass is 430 g/mol. The summed E-state index contributed by atoms with van der Waals surface area (Å²) in [6.45, 7) is 3.52. The number of rotatable bonds is 5. The predicted octanol–water partition coefficient (Wildman–Crippen LogP) is 3.53. The molecule has 0 fully saturated rings. The van der Waals surface area contributed by atoms with E-state index >= 15 is 0 Å². The van der Waals surface area contributed by atoms with Gasteiger partial charge in [-0.25, -0.2) is 9.98 Å². The van der Waals surface area contributed by atoms with Crippen LogP contribution >= 0.6 is 35.3 Å². The van der Waals surface area contributed by atoms with Gasteiger partial charge >= 0.3 is 0 Å². The van der Waals surface area contributed by atoms with E-state index in [9.17, 15) is 0 Å². The molecule has 1 aromatic heterocycles. The molecule has 0 saturated heterocycles. The SMILES string of the molecule is CCc1nc(CNC(=NCc2ccccc2)N(C)C)cs1.I. The second-order valence-electron chi connectivity index (χ2n) is 4.96. The number of guanidine groups is 1. The molecule has 0 aliphatic heterocycles. The van der Waals surface area contributed by atoms with Crippen LogP contribution in [0.15, 0.2) is 40.7 Å². The Bertz CT molecular complexity index is 581. The highest BCUT2D eigenvalue weighted by Crippen LogP contribution is 2.09. The molecule has 2 aromatic rings. The smallest absolute Gasteiger partial charge is 0.194 e. The van der Waals surface area contributed by atoms with E-state index < -0.39 is 0 Å². The summed E-state index contributed by atoms with van der Waals surface area (Å²) in [5, 5.41) is 6.65. The molecule has 120 valence electrons. The summed E-state index contributed by atoms with van der Waals surface area (Å²) < 4.78 is 0. The zero-order valence-corrected chi connectivity index (χ0v) is 16.4. The molecule has 6 heteroatoms. The van der Waals surface area contributed by atoms with Crippen molar-refractivity contribution in [1.82, 2.24) is 15.2 Å². The maximum absolute atomic E-state index is 4.64. The van der Waals surface area contributed by atoms with Gasteiger partial charge in [0, 0.05) is 19.5 Å². The van der Waals surface area contributed by atoms with Crippen LogP contribution in [0.4, 0.5) is 0 Å². The molecule has 1 heterocycles. The Labute approximate surface area is 153 Å². The van der Waals surface area contributed by atoms with E-state index in [1.807, 2.05) is 37.2 Å². The lowest BCUT2D eigenvalue weighted by atomic mass is 10.2. The second kappa shape index (κ2) is 9.78. The van der Waals surface area contributed by atoms with E-state index in [1.165, 1.54) is 10.6 Å². The van der Waals surface area contributed by atoms with Crippen molar-refractivity contribution in [2.75, 3.05) is 14.1 Å². The molecule has 0 aliphatic rings. The van der Waals surface area contributed by atoms with Crippen molar-refractivity contribution in [3.63, 3.8) is 0 Å². The highest BCUT2D eigenvalue weighted by atomic mass is 127. The van der Waals surface area contributed by atoms with Crippen LogP contribution in [0.2, 0.25) is 0 Å². The molecule has 0 amide bonds. The van der Waals surface area contributed by atoms with Gasteiger partial charge in [0.2, 0.25) is 0 Å². The first kappa shape index (κ1) is 18.9. The minimum atomic E-state index is 0. The maximum Gasteiger partial charge on any atom is 0.194 e. The number of aliphatic imine (C=N–C) groups is 1. The third-order valence-corrected chi connectivity index (χ3v) is 4.05. The fraction of sp³-hybridized carbons (Fsp3) is 0.375. The number of hydrogen-bond acceptors (Lipinski definition) is 3. The average molecular weight is 430 g/mol. The molecule has 0 saturated carbocycles. The third-order valence-electron chi connectivity index (χ3n) is 3.01. The van der Waals surface area contributed by atoms with Crippen molar-refractivity contribution in [2.45, 2.75) is 26.4 Å². The van der Waals surface area contributed by atoms with Crippen molar-refractivity contribution >= 4 is 41.3 Å². The molecule has 0 radical (unpaired) electrons. The van der Waals surface area contributed by atoms with Crippen LogP contribution in [0.3, 0.4) is 0 Å². The summed E-state index contributed by atoms with van der Waals surface area (Å²) in [5.41, 5.74) is 2.28. The van der Waals surface area contributed by atoms with E-state index in [2.05, 4.69) is 39.7 Å². The number of nitrogens with zero attached hydrogens (tertiary/aromatic N) is 3. The largest absolute Gasteiger partial charge is 0.351 e.